The van der Waals surface area contributed by atoms with E-state index in [0.717, 1.165) is 5.56 Å². The Morgan fingerprint density at radius 3 is 2.71 bits per heavy atom. The van der Waals surface area contributed by atoms with Gasteiger partial charge in [0.05, 0.1) is 11.6 Å². The van der Waals surface area contributed by atoms with E-state index in [1.165, 1.54) is 29.2 Å². The van der Waals surface area contributed by atoms with Crippen LogP contribution in [0.5, 0.6) is 5.75 Å². The van der Waals surface area contributed by atoms with Gasteiger partial charge >= 0.3 is 0 Å². The van der Waals surface area contributed by atoms with Gasteiger partial charge in [0.1, 0.15) is 30.3 Å². The van der Waals surface area contributed by atoms with E-state index >= 15 is 0 Å². The Labute approximate surface area is 186 Å². The summed E-state index contributed by atoms with van der Waals surface area (Å²) in [6.07, 6.45) is 1.47. The van der Waals surface area contributed by atoms with Crippen LogP contribution < -0.4 is 10.1 Å². The summed E-state index contributed by atoms with van der Waals surface area (Å²) in [5.74, 6) is 0.269. The SMILES string of the molecule is O=C(Nc1ncn(Cc2ccc(F)cc2)n1)c1ccc(COc2ccc(Cl)cc2Cl)o1. The molecule has 1 amide bonds. The van der Waals surface area contributed by atoms with Gasteiger partial charge in [-0.15, -0.1) is 5.10 Å². The number of aromatic nitrogens is 3. The molecule has 4 rings (SSSR count). The minimum absolute atomic E-state index is 0.0793. The van der Waals surface area contributed by atoms with Gasteiger partial charge in [0.25, 0.3) is 5.91 Å². The number of nitrogens with one attached hydrogen (secondary N) is 1. The first-order chi connectivity index (χ1) is 15.0. The third-order valence-corrected chi connectivity index (χ3v) is 4.70. The van der Waals surface area contributed by atoms with Gasteiger partial charge in [-0.2, -0.15) is 0 Å². The Morgan fingerprint density at radius 2 is 1.94 bits per heavy atom. The summed E-state index contributed by atoms with van der Waals surface area (Å²) >= 11 is 11.9. The number of anilines is 1. The zero-order valence-electron chi connectivity index (χ0n) is 15.9. The van der Waals surface area contributed by atoms with Crippen molar-refractivity contribution in [2.24, 2.45) is 0 Å². The number of hydrogen-bond donors (Lipinski definition) is 1. The second-order valence-electron chi connectivity index (χ2n) is 6.48. The van der Waals surface area contributed by atoms with Crippen molar-refractivity contribution in [3.63, 3.8) is 0 Å². The lowest BCUT2D eigenvalue weighted by molar-refractivity contribution is 0.0991. The van der Waals surface area contributed by atoms with Crippen molar-refractivity contribution >= 4 is 35.1 Å². The molecule has 1 N–H and O–H groups in total. The molecule has 2 aromatic heterocycles. The first-order valence-corrected chi connectivity index (χ1v) is 9.84. The van der Waals surface area contributed by atoms with Crippen LogP contribution in [0.15, 0.2) is 65.3 Å². The number of nitrogens with zero attached hydrogens (tertiary/aromatic N) is 3. The molecule has 0 bridgehead atoms. The summed E-state index contributed by atoms with van der Waals surface area (Å²) < 4.78 is 25.6. The summed E-state index contributed by atoms with van der Waals surface area (Å²) in [5.41, 5.74) is 0.848. The number of carbonyl (C=O) groups is 1. The number of amides is 1. The third kappa shape index (κ3) is 5.42. The molecule has 31 heavy (non-hydrogen) atoms. The second-order valence-corrected chi connectivity index (χ2v) is 7.32. The number of furan rings is 1. The minimum Gasteiger partial charge on any atom is -0.484 e. The maximum Gasteiger partial charge on any atom is 0.293 e. The first-order valence-electron chi connectivity index (χ1n) is 9.08. The predicted molar refractivity (Wildman–Crippen MR) is 113 cm³/mol. The lowest BCUT2D eigenvalue weighted by Crippen LogP contribution is -2.12. The molecule has 0 unspecified atom stereocenters. The molecule has 0 saturated carbocycles. The highest BCUT2D eigenvalue weighted by atomic mass is 35.5. The second kappa shape index (κ2) is 9.20. The molecule has 4 aromatic rings. The van der Waals surface area contributed by atoms with Crippen LogP contribution in [-0.4, -0.2) is 20.7 Å². The lowest BCUT2D eigenvalue weighted by atomic mass is 10.2. The van der Waals surface area contributed by atoms with E-state index in [0.29, 0.717) is 28.1 Å². The van der Waals surface area contributed by atoms with Gasteiger partial charge in [0.15, 0.2) is 5.76 Å². The van der Waals surface area contributed by atoms with Gasteiger partial charge in [0, 0.05) is 5.02 Å². The van der Waals surface area contributed by atoms with E-state index in [2.05, 4.69) is 15.4 Å². The van der Waals surface area contributed by atoms with Crippen LogP contribution in [0.3, 0.4) is 0 Å². The topological polar surface area (TPSA) is 82.2 Å². The maximum absolute atomic E-state index is 13.0. The van der Waals surface area contributed by atoms with Crippen LogP contribution >= 0.6 is 23.2 Å². The largest absolute Gasteiger partial charge is 0.484 e. The van der Waals surface area contributed by atoms with Crippen molar-refractivity contribution < 1.29 is 18.3 Å². The van der Waals surface area contributed by atoms with Crippen LogP contribution in [-0.2, 0) is 13.2 Å². The predicted octanol–water partition coefficient (Wildman–Crippen LogP) is 5.20. The summed E-state index contributed by atoms with van der Waals surface area (Å²) in [7, 11) is 0. The Bertz CT molecular complexity index is 1210. The molecule has 7 nitrogen and oxygen atoms in total. The molecule has 0 saturated heterocycles. The van der Waals surface area contributed by atoms with E-state index in [9.17, 15) is 9.18 Å². The number of ether oxygens (including phenoxy) is 1. The van der Waals surface area contributed by atoms with E-state index < -0.39 is 5.91 Å². The molecule has 0 radical (unpaired) electrons. The fourth-order valence-corrected chi connectivity index (χ4v) is 3.15. The molecule has 0 atom stereocenters. The van der Waals surface area contributed by atoms with Crippen LogP contribution in [0.2, 0.25) is 10.0 Å². The zero-order valence-corrected chi connectivity index (χ0v) is 17.4. The average molecular weight is 461 g/mol. The van der Waals surface area contributed by atoms with E-state index in [-0.39, 0.29) is 24.1 Å². The van der Waals surface area contributed by atoms with Gasteiger partial charge in [0.2, 0.25) is 5.95 Å². The number of halogens is 3. The van der Waals surface area contributed by atoms with Gasteiger partial charge in [-0.05, 0) is 48.0 Å². The van der Waals surface area contributed by atoms with Crippen molar-refractivity contribution in [2.45, 2.75) is 13.2 Å². The highest BCUT2D eigenvalue weighted by Crippen LogP contribution is 2.28. The molecule has 0 spiro atoms. The van der Waals surface area contributed by atoms with E-state index in [4.69, 9.17) is 32.4 Å². The van der Waals surface area contributed by atoms with Crippen LogP contribution in [0.1, 0.15) is 21.9 Å². The third-order valence-electron chi connectivity index (χ3n) is 4.17. The highest BCUT2D eigenvalue weighted by Gasteiger charge is 2.14. The molecular formula is C21H15Cl2FN4O3. The quantitative estimate of drug-likeness (QED) is 0.409. The van der Waals surface area contributed by atoms with Crippen molar-refractivity contribution in [2.75, 3.05) is 5.32 Å². The molecular weight excluding hydrogens is 446 g/mol. The van der Waals surface area contributed by atoms with Crippen molar-refractivity contribution in [3.05, 3.63) is 93.9 Å². The van der Waals surface area contributed by atoms with Crippen LogP contribution in [0, 0.1) is 5.82 Å². The summed E-state index contributed by atoms with van der Waals surface area (Å²) in [6, 6.07) is 14.1. The summed E-state index contributed by atoms with van der Waals surface area (Å²) in [5, 5.41) is 7.62. The number of carbonyl (C=O) groups excluding carboxylic acids is 1. The molecule has 10 heteroatoms. The van der Waals surface area contributed by atoms with Gasteiger partial charge in [-0.3, -0.25) is 10.1 Å². The van der Waals surface area contributed by atoms with Gasteiger partial charge in [-0.25, -0.2) is 14.1 Å². The van der Waals surface area contributed by atoms with E-state index in [1.807, 2.05) is 0 Å². The Hall–Kier alpha value is -3.36. The number of hydrogen-bond acceptors (Lipinski definition) is 5. The van der Waals surface area contributed by atoms with Crippen LogP contribution in [0.4, 0.5) is 10.3 Å². The van der Waals surface area contributed by atoms with Crippen molar-refractivity contribution in [1.29, 1.82) is 0 Å². The number of rotatable bonds is 7. The average Bonchev–Trinajstić information content (AvgIpc) is 3.39. The Kier molecular flexibility index (Phi) is 6.20. The zero-order chi connectivity index (χ0) is 21.8. The first kappa shape index (κ1) is 20.9. The maximum atomic E-state index is 13.0. The standard InChI is InChI=1S/C21H15Cl2FN4O3/c22-14-3-7-18(17(23)9-14)30-11-16-6-8-19(31-16)20(29)26-21-25-12-28(27-21)10-13-1-4-15(24)5-2-13/h1-9,12H,10-11H2,(H,26,27,29). The smallest absolute Gasteiger partial charge is 0.293 e. The molecule has 2 aromatic carbocycles. The van der Waals surface area contributed by atoms with Crippen LogP contribution in [0.25, 0.3) is 0 Å². The summed E-state index contributed by atoms with van der Waals surface area (Å²) in [4.78, 5) is 16.4. The van der Waals surface area contributed by atoms with Gasteiger partial charge in [-0.1, -0.05) is 35.3 Å². The molecule has 0 aliphatic rings. The molecule has 0 fully saturated rings. The highest BCUT2D eigenvalue weighted by molar-refractivity contribution is 6.35. The molecule has 0 aliphatic carbocycles. The number of benzene rings is 2. The molecule has 0 aliphatic heterocycles. The van der Waals surface area contributed by atoms with Gasteiger partial charge < -0.3 is 9.15 Å². The fraction of sp³-hybridized carbons (Fsp3) is 0.0952. The molecule has 158 valence electrons. The minimum atomic E-state index is -0.504. The monoisotopic (exact) mass is 460 g/mol. The van der Waals surface area contributed by atoms with Crippen molar-refractivity contribution in [3.8, 4) is 5.75 Å². The molecule has 2 heterocycles. The van der Waals surface area contributed by atoms with Crippen molar-refractivity contribution in [1.82, 2.24) is 14.8 Å². The normalized spacial score (nSPS) is 10.8. The Morgan fingerprint density at radius 1 is 1.13 bits per heavy atom. The summed E-state index contributed by atoms with van der Waals surface area (Å²) in [6.45, 7) is 0.470. The Balaban J connectivity index is 1.33. The fourth-order valence-electron chi connectivity index (χ4n) is 2.69. The lowest BCUT2D eigenvalue weighted by Gasteiger charge is -2.06. The van der Waals surface area contributed by atoms with E-state index in [1.54, 1.807) is 36.4 Å².